The van der Waals surface area contributed by atoms with Gasteiger partial charge >= 0.3 is 0 Å². The first-order chi connectivity index (χ1) is 8.30. The number of fused-ring (bicyclic) bond motifs is 1. The molecule has 2 nitrogen and oxygen atoms in total. The van der Waals surface area contributed by atoms with Crippen molar-refractivity contribution in [1.29, 1.82) is 0 Å². The highest BCUT2D eigenvalue weighted by atomic mass is 16.5. The lowest BCUT2D eigenvalue weighted by Gasteiger charge is -2.33. The van der Waals surface area contributed by atoms with Crippen molar-refractivity contribution in [2.45, 2.75) is 18.4 Å². The van der Waals surface area contributed by atoms with Gasteiger partial charge < -0.3 is 9.84 Å². The number of hydrogen-bond acceptors (Lipinski definition) is 2. The third-order valence-electron chi connectivity index (χ3n) is 3.61. The summed E-state index contributed by atoms with van der Waals surface area (Å²) in [6, 6.07) is 14.4. The second kappa shape index (κ2) is 4.13. The molecule has 1 N–H and O–H groups in total. The fourth-order valence-corrected chi connectivity index (χ4v) is 2.61. The van der Waals surface area contributed by atoms with Crippen molar-refractivity contribution in [1.82, 2.24) is 0 Å². The molecule has 0 aromatic heterocycles. The van der Waals surface area contributed by atoms with Crippen LogP contribution in [0.3, 0.4) is 0 Å². The molecule has 1 fully saturated rings. The monoisotopic (exact) mass is 228 g/mol. The summed E-state index contributed by atoms with van der Waals surface area (Å²) in [4.78, 5) is 0. The lowest BCUT2D eigenvalue weighted by atomic mass is 9.83. The van der Waals surface area contributed by atoms with Gasteiger partial charge in [-0.2, -0.15) is 0 Å². The van der Waals surface area contributed by atoms with Crippen LogP contribution in [0, 0.1) is 0 Å². The molecule has 0 spiro atoms. The van der Waals surface area contributed by atoms with Gasteiger partial charge in [0.1, 0.15) is 0 Å². The maximum Gasteiger partial charge on any atom is 0.0946 e. The molecule has 0 atom stereocenters. The van der Waals surface area contributed by atoms with Crippen LogP contribution in [0.5, 0.6) is 0 Å². The van der Waals surface area contributed by atoms with Crippen molar-refractivity contribution in [3.05, 3.63) is 48.0 Å². The number of ether oxygens (including phenoxy) is 1. The van der Waals surface area contributed by atoms with E-state index in [9.17, 15) is 5.11 Å². The minimum atomic E-state index is -0.723. The van der Waals surface area contributed by atoms with Gasteiger partial charge in [0.05, 0.1) is 5.60 Å². The Morgan fingerprint density at radius 1 is 0.941 bits per heavy atom. The Balaban J connectivity index is 2.16. The molecule has 88 valence electrons. The Bertz CT molecular complexity index is 522. The Labute approximate surface area is 101 Å². The average molecular weight is 228 g/mol. The van der Waals surface area contributed by atoms with Gasteiger partial charge in [0.2, 0.25) is 0 Å². The molecule has 3 rings (SSSR count). The molecule has 0 bridgehead atoms. The lowest BCUT2D eigenvalue weighted by molar-refractivity contribution is -0.0669. The summed E-state index contributed by atoms with van der Waals surface area (Å²) in [5, 5.41) is 13.1. The van der Waals surface area contributed by atoms with Crippen LogP contribution in [0.4, 0.5) is 0 Å². The second-order valence-corrected chi connectivity index (χ2v) is 4.67. The van der Waals surface area contributed by atoms with E-state index in [1.807, 2.05) is 24.3 Å². The molecule has 1 heterocycles. The largest absolute Gasteiger partial charge is 0.385 e. The maximum atomic E-state index is 10.8. The summed E-state index contributed by atoms with van der Waals surface area (Å²) in [7, 11) is 0. The van der Waals surface area contributed by atoms with Gasteiger partial charge in [-0.1, -0.05) is 42.5 Å². The molecular formula is C15H16O2. The van der Waals surface area contributed by atoms with E-state index in [-0.39, 0.29) is 0 Å². The van der Waals surface area contributed by atoms with Crippen LogP contribution in [0.25, 0.3) is 10.8 Å². The molecule has 0 amide bonds. The van der Waals surface area contributed by atoms with Crippen LogP contribution in [-0.4, -0.2) is 18.3 Å². The van der Waals surface area contributed by atoms with Crippen molar-refractivity contribution in [3.63, 3.8) is 0 Å². The van der Waals surface area contributed by atoms with Crippen molar-refractivity contribution < 1.29 is 9.84 Å². The fraction of sp³-hybridized carbons (Fsp3) is 0.333. The first kappa shape index (κ1) is 10.8. The van der Waals surface area contributed by atoms with Crippen LogP contribution in [-0.2, 0) is 10.3 Å². The topological polar surface area (TPSA) is 29.5 Å². The van der Waals surface area contributed by atoms with Crippen molar-refractivity contribution in [3.8, 4) is 0 Å². The standard InChI is InChI=1S/C15H16O2/c16-15(8-10-17-11-9-15)14-7-3-5-12-4-1-2-6-13(12)14/h1-7,16H,8-11H2. The summed E-state index contributed by atoms with van der Waals surface area (Å²) in [5.41, 5.74) is 0.318. The third-order valence-corrected chi connectivity index (χ3v) is 3.61. The summed E-state index contributed by atoms with van der Waals surface area (Å²) in [6.45, 7) is 1.28. The zero-order valence-electron chi connectivity index (χ0n) is 9.73. The minimum absolute atomic E-state index is 0.639. The third kappa shape index (κ3) is 1.84. The maximum absolute atomic E-state index is 10.8. The molecule has 2 heteroatoms. The zero-order valence-corrected chi connectivity index (χ0v) is 9.73. The van der Waals surface area contributed by atoms with Gasteiger partial charge in [0.15, 0.2) is 0 Å². The highest BCUT2D eigenvalue weighted by Gasteiger charge is 2.32. The molecule has 1 aliphatic heterocycles. The summed E-state index contributed by atoms with van der Waals surface area (Å²) >= 11 is 0. The van der Waals surface area contributed by atoms with Crippen LogP contribution >= 0.6 is 0 Å². The van der Waals surface area contributed by atoms with E-state index in [4.69, 9.17) is 4.74 Å². The van der Waals surface area contributed by atoms with Gasteiger partial charge in [-0.25, -0.2) is 0 Å². The summed E-state index contributed by atoms with van der Waals surface area (Å²) in [6.07, 6.45) is 1.36. The molecule has 0 saturated carbocycles. The first-order valence-corrected chi connectivity index (χ1v) is 6.08. The highest BCUT2D eigenvalue weighted by Crippen LogP contribution is 2.36. The molecule has 2 aromatic rings. The van der Waals surface area contributed by atoms with E-state index in [1.165, 1.54) is 5.39 Å². The van der Waals surface area contributed by atoms with Crippen molar-refractivity contribution in [2.75, 3.05) is 13.2 Å². The smallest absolute Gasteiger partial charge is 0.0946 e. The lowest BCUT2D eigenvalue weighted by Crippen LogP contribution is -2.33. The Morgan fingerprint density at radius 3 is 2.47 bits per heavy atom. The molecule has 0 radical (unpaired) electrons. The SMILES string of the molecule is OC1(c2cccc3ccccc23)CCOCC1. The summed E-state index contributed by atoms with van der Waals surface area (Å²) < 4.78 is 5.34. The van der Waals surface area contributed by atoms with E-state index >= 15 is 0 Å². The van der Waals surface area contributed by atoms with Gasteiger partial charge in [-0.3, -0.25) is 0 Å². The van der Waals surface area contributed by atoms with Crippen LogP contribution in [0.1, 0.15) is 18.4 Å². The van der Waals surface area contributed by atoms with Crippen molar-refractivity contribution >= 4 is 10.8 Å². The van der Waals surface area contributed by atoms with Gasteiger partial charge in [-0.05, 0) is 16.3 Å². The Hall–Kier alpha value is -1.38. The highest BCUT2D eigenvalue weighted by molar-refractivity contribution is 5.86. The normalized spacial score (nSPS) is 19.4. The minimum Gasteiger partial charge on any atom is -0.385 e. The number of aliphatic hydroxyl groups is 1. The van der Waals surface area contributed by atoms with Crippen LogP contribution in [0.2, 0.25) is 0 Å². The van der Waals surface area contributed by atoms with Crippen molar-refractivity contribution in [2.24, 2.45) is 0 Å². The van der Waals surface area contributed by atoms with Gasteiger partial charge in [0, 0.05) is 26.1 Å². The Morgan fingerprint density at radius 2 is 1.65 bits per heavy atom. The summed E-state index contributed by atoms with van der Waals surface area (Å²) in [5.74, 6) is 0. The Kier molecular flexibility index (Phi) is 2.61. The van der Waals surface area contributed by atoms with E-state index in [0.717, 1.165) is 10.9 Å². The zero-order chi connectivity index (χ0) is 11.7. The second-order valence-electron chi connectivity index (χ2n) is 4.67. The molecule has 0 aliphatic carbocycles. The first-order valence-electron chi connectivity index (χ1n) is 6.08. The van der Waals surface area contributed by atoms with Crippen LogP contribution in [0.15, 0.2) is 42.5 Å². The molecule has 1 saturated heterocycles. The van der Waals surface area contributed by atoms with E-state index in [0.29, 0.717) is 26.1 Å². The molecule has 1 aliphatic rings. The predicted molar refractivity (Wildman–Crippen MR) is 67.9 cm³/mol. The van der Waals surface area contributed by atoms with Gasteiger partial charge in [0.25, 0.3) is 0 Å². The average Bonchev–Trinajstić information content (AvgIpc) is 2.39. The fourth-order valence-electron chi connectivity index (χ4n) is 2.61. The molecule has 0 unspecified atom stereocenters. The number of rotatable bonds is 1. The quantitative estimate of drug-likeness (QED) is 0.813. The molecule has 17 heavy (non-hydrogen) atoms. The number of benzene rings is 2. The molecule has 2 aromatic carbocycles. The van der Waals surface area contributed by atoms with E-state index < -0.39 is 5.60 Å². The van der Waals surface area contributed by atoms with Gasteiger partial charge in [-0.15, -0.1) is 0 Å². The van der Waals surface area contributed by atoms with E-state index in [1.54, 1.807) is 0 Å². The van der Waals surface area contributed by atoms with Crippen LogP contribution < -0.4 is 0 Å². The predicted octanol–water partition coefficient (Wildman–Crippen LogP) is 2.84. The van der Waals surface area contributed by atoms with E-state index in [2.05, 4.69) is 18.2 Å². The molecular weight excluding hydrogens is 212 g/mol. The number of hydrogen-bond donors (Lipinski definition) is 1.